The third-order valence-electron chi connectivity index (χ3n) is 2.70. The van der Waals surface area contributed by atoms with Crippen LogP contribution in [0.25, 0.3) is 0 Å². The Labute approximate surface area is 119 Å². The van der Waals surface area contributed by atoms with Crippen LogP contribution in [-0.4, -0.2) is 26.4 Å². The van der Waals surface area contributed by atoms with E-state index < -0.39 is 11.6 Å². The molecule has 0 atom stereocenters. The number of rotatable bonds is 10. The molecule has 1 aromatic rings. The van der Waals surface area contributed by atoms with Crippen molar-refractivity contribution in [2.45, 2.75) is 33.2 Å². The van der Waals surface area contributed by atoms with Crippen LogP contribution in [0, 0.1) is 11.6 Å². The van der Waals surface area contributed by atoms with Crippen molar-refractivity contribution in [2.24, 2.45) is 0 Å². The first-order valence-corrected chi connectivity index (χ1v) is 7.08. The zero-order valence-corrected chi connectivity index (χ0v) is 12.2. The van der Waals surface area contributed by atoms with Gasteiger partial charge in [0.2, 0.25) is 0 Å². The third-order valence-corrected chi connectivity index (χ3v) is 2.70. The van der Waals surface area contributed by atoms with Crippen molar-refractivity contribution >= 4 is 0 Å². The molecule has 114 valence electrons. The van der Waals surface area contributed by atoms with Gasteiger partial charge in [-0.15, -0.1) is 0 Å². The Bertz CT molecular complexity index is 376. The van der Waals surface area contributed by atoms with E-state index >= 15 is 0 Å². The molecule has 1 rings (SSSR count). The first-order valence-electron chi connectivity index (χ1n) is 7.08. The van der Waals surface area contributed by atoms with Gasteiger partial charge in [-0.3, -0.25) is 0 Å². The van der Waals surface area contributed by atoms with Crippen LogP contribution in [0.3, 0.4) is 0 Å². The Hall–Kier alpha value is -1.20. The highest BCUT2D eigenvalue weighted by Crippen LogP contribution is 2.23. The monoisotopic (exact) mass is 287 g/mol. The summed E-state index contributed by atoms with van der Waals surface area (Å²) in [6.45, 7) is 6.59. The lowest BCUT2D eigenvalue weighted by molar-refractivity contribution is 0.129. The van der Waals surface area contributed by atoms with Gasteiger partial charge in [0.25, 0.3) is 0 Å². The Balaban J connectivity index is 2.51. The van der Waals surface area contributed by atoms with Crippen molar-refractivity contribution in [3.8, 4) is 5.75 Å². The number of nitrogens with one attached hydrogen (secondary N) is 1. The highest BCUT2D eigenvalue weighted by molar-refractivity contribution is 5.31. The van der Waals surface area contributed by atoms with Gasteiger partial charge >= 0.3 is 0 Å². The van der Waals surface area contributed by atoms with Gasteiger partial charge < -0.3 is 14.8 Å². The molecule has 0 bridgehead atoms. The summed E-state index contributed by atoms with van der Waals surface area (Å²) in [6, 6.07) is 2.62. The summed E-state index contributed by atoms with van der Waals surface area (Å²) in [5, 5.41) is 3.10. The van der Waals surface area contributed by atoms with Crippen molar-refractivity contribution in [1.82, 2.24) is 5.32 Å². The number of benzene rings is 1. The van der Waals surface area contributed by atoms with Gasteiger partial charge in [0.1, 0.15) is 0 Å². The SMILES string of the molecule is CCCNCc1cc(F)c(OCCCOCC)c(F)c1. The summed E-state index contributed by atoms with van der Waals surface area (Å²) in [5.41, 5.74) is 0.579. The number of hydrogen-bond donors (Lipinski definition) is 1. The van der Waals surface area contributed by atoms with Gasteiger partial charge in [-0.2, -0.15) is 0 Å². The Morgan fingerprint density at radius 3 is 2.40 bits per heavy atom. The van der Waals surface area contributed by atoms with Crippen LogP contribution < -0.4 is 10.1 Å². The molecule has 0 radical (unpaired) electrons. The number of halogens is 2. The van der Waals surface area contributed by atoms with Gasteiger partial charge in [-0.05, 0) is 37.6 Å². The van der Waals surface area contributed by atoms with E-state index in [2.05, 4.69) is 5.32 Å². The number of hydrogen-bond acceptors (Lipinski definition) is 3. The molecule has 1 aromatic carbocycles. The molecule has 0 aliphatic rings. The topological polar surface area (TPSA) is 30.5 Å². The van der Waals surface area contributed by atoms with Crippen molar-refractivity contribution in [2.75, 3.05) is 26.4 Å². The molecule has 5 heteroatoms. The molecule has 0 amide bonds. The fourth-order valence-electron chi connectivity index (χ4n) is 1.74. The van der Waals surface area contributed by atoms with Crippen LogP contribution >= 0.6 is 0 Å². The van der Waals surface area contributed by atoms with E-state index in [-0.39, 0.29) is 12.4 Å². The van der Waals surface area contributed by atoms with Crippen molar-refractivity contribution in [1.29, 1.82) is 0 Å². The Morgan fingerprint density at radius 2 is 1.80 bits per heavy atom. The van der Waals surface area contributed by atoms with Gasteiger partial charge in [0.15, 0.2) is 17.4 Å². The summed E-state index contributed by atoms with van der Waals surface area (Å²) in [7, 11) is 0. The van der Waals surface area contributed by atoms with Gasteiger partial charge in [0.05, 0.1) is 6.61 Å². The lowest BCUT2D eigenvalue weighted by Crippen LogP contribution is -2.14. The van der Waals surface area contributed by atoms with Gasteiger partial charge in [-0.25, -0.2) is 8.78 Å². The average Bonchev–Trinajstić information content (AvgIpc) is 2.41. The predicted octanol–water partition coefficient (Wildman–Crippen LogP) is 3.27. The second kappa shape index (κ2) is 9.66. The molecule has 0 fully saturated rings. The molecule has 0 spiro atoms. The molecule has 0 saturated carbocycles. The first-order chi connectivity index (χ1) is 9.69. The zero-order chi connectivity index (χ0) is 14.8. The maximum absolute atomic E-state index is 13.8. The van der Waals surface area contributed by atoms with E-state index in [0.29, 0.717) is 31.7 Å². The summed E-state index contributed by atoms with van der Waals surface area (Å²) >= 11 is 0. The molecule has 0 heterocycles. The standard InChI is InChI=1S/C15H23F2NO2/c1-3-6-18-11-12-9-13(16)15(14(17)10-12)20-8-5-7-19-4-2/h9-10,18H,3-8,11H2,1-2H3. The summed E-state index contributed by atoms with van der Waals surface area (Å²) in [5.74, 6) is -1.62. The van der Waals surface area contributed by atoms with Crippen LogP contribution in [0.4, 0.5) is 8.78 Å². The van der Waals surface area contributed by atoms with Crippen molar-refractivity contribution < 1.29 is 18.3 Å². The molecule has 0 aliphatic carbocycles. The minimum Gasteiger partial charge on any atom is -0.488 e. The minimum absolute atomic E-state index is 0.237. The first kappa shape index (κ1) is 16.9. The highest BCUT2D eigenvalue weighted by Gasteiger charge is 2.12. The van der Waals surface area contributed by atoms with Crippen LogP contribution in [0.1, 0.15) is 32.3 Å². The molecule has 0 aliphatic heterocycles. The molecule has 1 N–H and O–H groups in total. The lowest BCUT2D eigenvalue weighted by Gasteiger charge is -2.10. The maximum atomic E-state index is 13.8. The van der Waals surface area contributed by atoms with Crippen LogP contribution in [-0.2, 0) is 11.3 Å². The van der Waals surface area contributed by atoms with Gasteiger partial charge in [0, 0.05) is 26.2 Å². The number of ether oxygens (including phenoxy) is 2. The Morgan fingerprint density at radius 1 is 1.10 bits per heavy atom. The molecule has 0 aromatic heterocycles. The van der Waals surface area contributed by atoms with Gasteiger partial charge in [-0.1, -0.05) is 6.92 Å². The van der Waals surface area contributed by atoms with E-state index in [0.717, 1.165) is 13.0 Å². The van der Waals surface area contributed by atoms with Crippen LogP contribution in [0.5, 0.6) is 5.75 Å². The minimum atomic E-state index is -0.658. The highest BCUT2D eigenvalue weighted by atomic mass is 19.1. The fourth-order valence-corrected chi connectivity index (χ4v) is 1.74. The van der Waals surface area contributed by atoms with E-state index in [1.165, 1.54) is 12.1 Å². The third kappa shape index (κ3) is 5.84. The van der Waals surface area contributed by atoms with Crippen LogP contribution in [0.15, 0.2) is 12.1 Å². The average molecular weight is 287 g/mol. The molecular weight excluding hydrogens is 264 g/mol. The molecular formula is C15H23F2NO2. The van der Waals surface area contributed by atoms with E-state index in [4.69, 9.17) is 9.47 Å². The summed E-state index contributed by atoms with van der Waals surface area (Å²) in [6.07, 6.45) is 1.58. The van der Waals surface area contributed by atoms with Crippen LogP contribution in [0.2, 0.25) is 0 Å². The quantitative estimate of drug-likeness (QED) is 0.670. The molecule has 20 heavy (non-hydrogen) atoms. The van der Waals surface area contributed by atoms with Crippen molar-refractivity contribution in [3.05, 3.63) is 29.3 Å². The zero-order valence-electron chi connectivity index (χ0n) is 12.2. The molecule has 0 saturated heterocycles. The predicted molar refractivity (Wildman–Crippen MR) is 75.0 cm³/mol. The lowest BCUT2D eigenvalue weighted by atomic mass is 10.2. The second-order valence-electron chi connectivity index (χ2n) is 4.46. The van der Waals surface area contributed by atoms with E-state index in [1.807, 2.05) is 13.8 Å². The van der Waals surface area contributed by atoms with Crippen molar-refractivity contribution in [3.63, 3.8) is 0 Å². The summed E-state index contributed by atoms with van der Waals surface area (Å²) < 4.78 is 37.8. The van der Waals surface area contributed by atoms with E-state index in [1.54, 1.807) is 0 Å². The molecule has 3 nitrogen and oxygen atoms in total. The smallest absolute Gasteiger partial charge is 0.190 e. The normalized spacial score (nSPS) is 10.8. The Kier molecular flexibility index (Phi) is 8.14. The fraction of sp³-hybridized carbons (Fsp3) is 0.600. The largest absolute Gasteiger partial charge is 0.488 e. The maximum Gasteiger partial charge on any atom is 0.190 e. The summed E-state index contributed by atoms with van der Waals surface area (Å²) in [4.78, 5) is 0. The second-order valence-corrected chi connectivity index (χ2v) is 4.46. The molecule has 0 unspecified atom stereocenters. The van der Waals surface area contributed by atoms with E-state index in [9.17, 15) is 8.78 Å².